The van der Waals surface area contributed by atoms with E-state index in [-0.39, 0.29) is 0 Å². The molecule has 1 aliphatic carbocycles. The molecule has 5 heteroatoms. The average Bonchev–Trinajstić information content (AvgIpc) is 3.14. The van der Waals surface area contributed by atoms with Gasteiger partial charge in [0, 0.05) is 24.8 Å². The van der Waals surface area contributed by atoms with Crippen molar-refractivity contribution in [1.29, 1.82) is 0 Å². The fourth-order valence-electron chi connectivity index (χ4n) is 1.63. The van der Waals surface area contributed by atoms with Crippen LogP contribution in [0.3, 0.4) is 0 Å². The Morgan fingerprint density at radius 3 is 3.17 bits per heavy atom. The number of hydrogen-bond donors (Lipinski definition) is 1. The third-order valence-corrected chi connectivity index (χ3v) is 2.77. The van der Waals surface area contributed by atoms with E-state index < -0.39 is 0 Å². The smallest absolute Gasteiger partial charge is 0.174 e. The molecule has 1 aliphatic rings. The maximum atomic E-state index is 5.53. The van der Waals surface area contributed by atoms with Crippen molar-refractivity contribution < 1.29 is 9.26 Å². The highest BCUT2D eigenvalue weighted by Gasteiger charge is 2.20. The van der Waals surface area contributed by atoms with Crippen LogP contribution in [0.25, 0.3) is 0 Å². The SMILES string of the molecule is c1cncc(OCc2cc(CNC3CC3)no2)c1. The van der Waals surface area contributed by atoms with Crippen molar-refractivity contribution in [3.05, 3.63) is 42.0 Å². The zero-order valence-electron chi connectivity index (χ0n) is 10.0. The topological polar surface area (TPSA) is 60.2 Å². The fraction of sp³-hybridized carbons (Fsp3) is 0.385. The Hall–Kier alpha value is -1.88. The van der Waals surface area contributed by atoms with Gasteiger partial charge in [-0.05, 0) is 25.0 Å². The first-order valence-electron chi connectivity index (χ1n) is 6.11. The maximum absolute atomic E-state index is 5.53. The summed E-state index contributed by atoms with van der Waals surface area (Å²) in [6.07, 6.45) is 5.93. The van der Waals surface area contributed by atoms with Crippen molar-refractivity contribution in [2.75, 3.05) is 0 Å². The zero-order chi connectivity index (χ0) is 12.2. The summed E-state index contributed by atoms with van der Waals surface area (Å²) in [5.74, 6) is 1.46. The highest BCUT2D eigenvalue weighted by atomic mass is 16.5. The number of ether oxygens (including phenoxy) is 1. The third kappa shape index (κ3) is 3.07. The van der Waals surface area contributed by atoms with Gasteiger partial charge in [-0.25, -0.2) is 0 Å². The summed E-state index contributed by atoms with van der Waals surface area (Å²) in [6.45, 7) is 1.14. The number of hydrogen-bond acceptors (Lipinski definition) is 5. The Kier molecular flexibility index (Phi) is 3.23. The molecule has 0 spiro atoms. The quantitative estimate of drug-likeness (QED) is 0.842. The van der Waals surface area contributed by atoms with Crippen molar-refractivity contribution in [3.8, 4) is 5.75 Å². The van der Waals surface area contributed by atoms with Crippen LogP contribution in [0.1, 0.15) is 24.3 Å². The average molecular weight is 245 g/mol. The first-order valence-corrected chi connectivity index (χ1v) is 6.11. The number of pyridine rings is 1. The number of nitrogens with zero attached hydrogens (tertiary/aromatic N) is 2. The molecule has 2 aromatic heterocycles. The number of aromatic nitrogens is 2. The van der Waals surface area contributed by atoms with Crippen LogP contribution in [-0.2, 0) is 13.2 Å². The molecular formula is C13H15N3O2. The molecule has 0 aromatic carbocycles. The Morgan fingerprint density at radius 1 is 1.44 bits per heavy atom. The lowest BCUT2D eigenvalue weighted by atomic mass is 10.3. The van der Waals surface area contributed by atoms with Gasteiger partial charge >= 0.3 is 0 Å². The summed E-state index contributed by atoms with van der Waals surface area (Å²) in [6, 6.07) is 6.29. The largest absolute Gasteiger partial charge is 0.484 e. The molecular weight excluding hydrogens is 230 g/mol. The predicted octanol–water partition coefficient (Wildman–Crippen LogP) is 1.90. The van der Waals surface area contributed by atoms with Gasteiger partial charge < -0.3 is 14.6 Å². The van der Waals surface area contributed by atoms with Gasteiger partial charge in [0.25, 0.3) is 0 Å². The highest BCUT2D eigenvalue weighted by molar-refractivity contribution is 5.16. The van der Waals surface area contributed by atoms with Crippen molar-refractivity contribution in [1.82, 2.24) is 15.5 Å². The predicted molar refractivity (Wildman–Crippen MR) is 64.9 cm³/mol. The number of rotatable bonds is 6. The summed E-state index contributed by atoms with van der Waals surface area (Å²) in [5.41, 5.74) is 0.923. The third-order valence-electron chi connectivity index (χ3n) is 2.77. The van der Waals surface area contributed by atoms with Crippen LogP contribution in [0.15, 0.2) is 35.1 Å². The van der Waals surface area contributed by atoms with E-state index in [4.69, 9.17) is 9.26 Å². The van der Waals surface area contributed by atoms with Crippen molar-refractivity contribution in [2.24, 2.45) is 0 Å². The van der Waals surface area contributed by atoms with Crippen LogP contribution >= 0.6 is 0 Å². The Bertz CT molecular complexity index is 494. The van der Waals surface area contributed by atoms with Crippen LogP contribution in [0.2, 0.25) is 0 Å². The van der Waals surface area contributed by atoms with Gasteiger partial charge in [-0.1, -0.05) is 5.16 Å². The van der Waals surface area contributed by atoms with E-state index in [1.807, 2.05) is 18.2 Å². The van der Waals surface area contributed by atoms with E-state index in [9.17, 15) is 0 Å². The van der Waals surface area contributed by atoms with Crippen molar-refractivity contribution >= 4 is 0 Å². The molecule has 1 N–H and O–H groups in total. The molecule has 18 heavy (non-hydrogen) atoms. The summed E-state index contributed by atoms with van der Waals surface area (Å²) in [5, 5.41) is 7.38. The minimum absolute atomic E-state index is 0.377. The van der Waals surface area contributed by atoms with E-state index >= 15 is 0 Å². The van der Waals surface area contributed by atoms with Crippen LogP contribution in [0.4, 0.5) is 0 Å². The van der Waals surface area contributed by atoms with Crippen LogP contribution < -0.4 is 10.1 Å². The number of nitrogens with one attached hydrogen (secondary N) is 1. The molecule has 2 aromatic rings. The molecule has 3 rings (SSSR count). The van der Waals surface area contributed by atoms with E-state index in [0.29, 0.717) is 12.6 Å². The molecule has 0 aliphatic heterocycles. The van der Waals surface area contributed by atoms with E-state index in [0.717, 1.165) is 23.7 Å². The highest BCUT2D eigenvalue weighted by Crippen LogP contribution is 2.19. The molecule has 0 amide bonds. The Balaban J connectivity index is 1.50. The fourth-order valence-corrected chi connectivity index (χ4v) is 1.63. The summed E-state index contributed by atoms with van der Waals surface area (Å²) in [7, 11) is 0. The first kappa shape index (κ1) is 11.2. The minimum Gasteiger partial charge on any atom is -0.484 e. The van der Waals surface area contributed by atoms with Gasteiger partial charge in [-0.2, -0.15) is 0 Å². The molecule has 5 nitrogen and oxygen atoms in total. The van der Waals surface area contributed by atoms with Crippen molar-refractivity contribution in [3.63, 3.8) is 0 Å². The Morgan fingerprint density at radius 2 is 2.39 bits per heavy atom. The minimum atomic E-state index is 0.377. The molecule has 0 bridgehead atoms. The second-order valence-corrected chi connectivity index (χ2v) is 4.42. The van der Waals surface area contributed by atoms with Gasteiger partial charge in [-0.3, -0.25) is 4.98 Å². The summed E-state index contributed by atoms with van der Waals surface area (Å²) >= 11 is 0. The second kappa shape index (κ2) is 5.18. The van der Waals surface area contributed by atoms with Gasteiger partial charge in [-0.15, -0.1) is 0 Å². The standard InChI is InChI=1S/C13H15N3O2/c1-2-12(8-14-5-1)17-9-13-6-11(16-18-13)7-15-10-3-4-10/h1-2,5-6,8,10,15H,3-4,7,9H2. The van der Waals surface area contributed by atoms with E-state index in [1.165, 1.54) is 12.8 Å². The van der Waals surface area contributed by atoms with Gasteiger partial charge in [0.15, 0.2) is 5.76 Å². The molecule has 1 fully saturated rings. The lowest BCUT2D eigenvalue weighted by molar-refractivity contribution is 0.247. The van der Waals surface area contributed by atoms with Crippen molar-refractivity contribution in [2.45, 2.75) is 32.0 Å². The molecule has 0 atom stereocenters. The van der Waals surface area contributed by atoms with E-state index in [1.54, 1.807) is 12.4 Å². The van der Waals surface area contributed by atoms with Crippen LogP contribution in [0, 0.1) is 0 Å². The first-order chi connectivity index (χ1) is 8.90. The second-order valence-electron chi connectivity index (χ2n) is 4.42. The zero-order valence-corrected chi connectivity index (χ0v) is 10.0. The molecule has 2 heterocycles. The molecule has 0 unspecified atom stereocenters. The monoisotopic (exact) mass is 245 g/mol. The van der Waals surface area contributed by atoms with Crippen LogP contribution in [-0.4, -0.2) is 16.2 Å². The van der Waals surface area contributed by atoms with Gasteiger partial charge in [0.05, 0.1) is 11.9 Å². The maximum Gasteiger partial charge on any atom is 0.174 e. The molecule has 0 saturated heterocycles. The lowest BCUT2D eigenvalue weighted by Gasteiger charge is -2.01. The lowest BCUT2D eigenvalue weighted by Crippen LogP contribution is -2.15. The summed E-state index contributed by atoms with van der Waals surface area (Å²) < 4.78 is 10.7. The summed E-state index contributed by atoms with van der Waals surface area (Å²) in [4.78, 5) is 3.98. The van der Waals surface area contributed by atoms with Gasteiger partial charge in [0.2, 0.25) is 0 Å². The molecule has 1 saturated carbocycles. The van der Waals surface area contributed by atoms with Gasteiger partial charge in [0.1, 0.15) is 12.4 Å². The molecule has 94 valence electrons. The molecule has 0 radical (unpaired) electrons. The Labute approximate surface area is 105 Å². The van der Waals surface area contributed by atoms with E-state index in [2.05, 4.69) is 15.5 Å². The normalized spacial score (nSPS) is 14.7. The van der Waals surface area contributed by atoms with Crippen LogP contribution in [0.5, 0.6) is 5.75 Å².